The maximum Gasteiger partial charge on any atom is 0.261 e. The third kappa shape index (κ3) is 4.91. The summed E-state index contributed by atoms with van der Waals surface area (Å²) in [7, 11) is 0. The van der Waals surface area contributed by atoms with Gasteiger partial charge in [0, 0.05) is 34.7 Å². The van der Waals surface area contributed by atoms with Crippen molar-refractivity contribution in [3.63, 3.8) is 0 Å². The zero-order chi connectivity index (χ0) is 22.5. The molecule has 0 atom stereocenters. The van der Waals surface area contributed by atoms with Gasteiger partial charge in [-0.15, -0.1) is 0 Å². The molecule has 0 radical (unpaired) electrons. The number of pyridine rings is 1. The molecule has 1 heterocycles. The third-order valence-corrected chi connectivity index (χ3v) is 6.17. The lowest BCUT2D eigenvalue weighted by Gasteiger charge is -2.19. The molecule has 1 N–H and O–H groups in total. The summed E-state index contributed by atoms with van der Waals surface area (Å²) >= 11 is 6.30. The van der Waals surface area contributed by atoms with Gasteiger partial charge in [-0.1, -0.05) is 61.8 Å². The van der Waals surface area contributed by atoms with Crippen molar-refractivity contribution in [1.82, 2.24) is 4.57 Å². The first-order valence-corrected chi connectivity index (χ1v) is 11.1. The van der Waals surface area contributed by atoms with Gasteiger partial charge in [-0.3, -0.25) is 9.59 Å². The number of anilines is 1. The van der Waals surface area contributed by atoms with Crippen LogP contribution >= 0.6 is 11.6 Å². The number of benzene rings is 2. The largest absolute Gasteiger partial charge is 0.348 e. The van der Waals surface area contributed by atoms with E-state index in [-0.39, 0.29) is 16.9 Å². The number of para-hydroxylation sites is 1. The Kier molecular flexibility index (Phi) is 7.34. The molecule has 0 aliphatic carbocycles. The van der Waals surface area contributed by atoms with Crippen LogP contribution in [0.3, 0.4) is 0 Å². The molecule has 0 bridgehead atoms. The second kappa shape index (κ2) is 9.97. The van der Waals surface area contributed by atoms with Gasteiger partial charge in [-0.05, 0) is 55.9 Å². The first-order valence-electron chi connectivity index (χ1n) is 10.7. The smallest absolute Gasteiger partial charge is 0.261 e. The molecule has 5 heteroatoms. The minimum atomic E-state index is -0.357. The maximum absolute atomic E-state index is 13.2. The van der Waals surface area contributed by atoms with Crippen molar-refractivity contribution in [2.24, 2.45) is 0 Å². The van der Waals surface area contributed by atoms with E-state index in [1.54, 1.807) is 6.07 Å². The van der Waals surface area contributed by atoms with Gasteiger partial charge in [0.25, 0.3) is 5.91 Å². The van der Waals surface area contributed by atoms with Crippen molar-refractivity contribution in [2.45, 2.75) is 53.5 Å². The van der Waals surface area contributed by atoms with Crippen molar-refractivity contribution in [3.8, 4) is 0 Å². The van der Waals surface area contributed by atoms with E-state index in [2.05, 4.69) is 19.2 Å². The second-order valence-electron chi connectivity index (χ2n) is 7.72. The molecule has 0 saturated heterocycles. The third-order valence-electron chi connectivity index (χ3n) is 5.81. The first-order chi connectivity index (χ1) is 14.9. The van der Waals surface area contributed by atoms with Crippen LogP contribution in [0.2, 0.25) is 5.02 Å². The Morgan fingerprint density at radius 1 is 0.968 bits per heavy atom. The van der Waals surface area contributed by atoms with Crippen LogP contribution in [0, 0.1) is 13.8 Å². The number of halogens is 1. The van der Waals surface area contributed by atoms with E-state index < -0.39 is 0 Å². The second-order valence-corrected chi connectivity index (χ2v) is 8.12. The number of nitrogens with zero attached hydrogens (tertiary/aromatic N) is 1. The predicted molar refractivity (Wildman–Crippen MR) is 128 cm³/mol. The van der Waals surface area contributed by atoms with Crippen molar-refractivity contribution >= 4 is 23.2 Å². The minimum absolute atomic E-state index is 0.192. The minimum Gasteiger partial charge on any atom is -0.348 e. The number of carbonyl (C=O) groups is 1. The average molecular weight is 437 g/mol. The molecule has 1 amide bonds. The van der Waals surface area contributed by atoms with Crippen LogP contribution < -0.4 is 10.7 Å². The quantitative estimate of drug-likeness (QED) is 0.513. The molecule has 0 spiro atoms. The highest BCUT2D eigenvalue weighted by Crippen LogP contribution is 2.24. The van der Waals surface area contributed by atoms with Crippen LogP contribution in [-0.4, -0.2) is 10.5 Å². The zero-order valence-corrected chi connectivity index (χ0v) is 19.3. The predicted octanol–water partition coefficient (Wildman–Crippen LogP) is 5.74. The fraction of sp³-hybridized carbons (Fsp3) is 0.308. The molecule has 3 rings (SSSR count). The Hall–Kier alpha value is -2.85. The summed E-state index contributed by atoms with van der Waals surface area (Å²) in [4.78, 5) is 26.0. The summed E-state index contributed by atoms with van der Waals surface area (Å²) in [6.45, 7) is 8.48. The molecule has 0 unspecified atom stereocenters. The van der Waals surface area contributed by atoms with Crippen molar-refractivity contribution in [1.29, 1.82) is 0 Å². The highest BCUT2D eigenvalue weighted by atomic mass is 35.5. The summed E-state index contributed by atoms with van der Waals surface area (Å²) < 4.78 is 2.02. The van der Waals surface area contributed by atoms with Crippen molar-refractivity contribution in [2.75, 3.05) is 5.32 Å². The number of carbonyl (C=O) groups excluding carboxylic acids is 1. The number of nitrogens with one attached hydrogen (secondary N) is 1. The molecule has 162 valence electrons. The van der Waals surface area contributed by atoms with Crippen LogP contribution in [0.4, 0.5) is 5.69 Å². The van der Waals surface area contributed by atoms with Crippen LogP contribution in [0.15, 0.2) is 53.3 Å². The van der Waals surface area contributed by atoms with Gasteiger partial charge in [0.2, 0.25) is 0 Å². The Balaban J connectivity index is 1.95. The van der Waals surface area contributed by atoms with E-state index in [1.165, 1.54) is 0 Å². The molecule has 3 aromatic rings. The van der Waals surface area contributed by atoms with E-state index in [0.29, 0.717) is 18.7 Å². The summed E-state index contributed by atoms with van der Waals surface area (Å²) in [6, 6.07) is 15.3. The lowest BCUT2D eigenvalue weighted by molar-refractivity contribution is 0.102. The SMILES string of the molecule is CCc1cccc(CC)c1NC(=O)c1c(C)n(CCc2ccccc2Cl)c(C)cc1=O. The summed E-state index contributed by atoms with van der Waals surface area (Å²) in [5, 5.41) is 3.76. The summed E-state index contributed by atoms with van der Waals surface area (Å²) in [5.74, 6) is -0.357. The number of aryl methyl sites for hydroxylation is 4. The Labute approximate surface area is 188 Å². The van der Waals surface area contributed by atoms with Gasteiger partial charge in [-0.2, -0.15) is 0 Å². The number of aromatic nitrogens is 1. The van der Waals surface area contributed by atoms with Gasteiger partial charge >= 0.3 is 0 Å². The van der Waals surface area contributed by atoms with Gasteiger partial charge in [0.05, 0.1) is 0 Å². The maximum atomic E-state index is 13.2. The van der Waals surface area contributed by atoms with Crippen LogP contribution in [0.1, 0.15) is 52.3 Å². The van der Waals surface area contributed by atoms with Gasteiger partial charge < -0.3 is 9.88 Å². The number of hydrogen-bond acceptors (Lipinski definition) is 2. The fourth-order valence-electron chi connectivity index (χ4n) is 4.05. The lowest BCUT2D eigenvalue weighted by Crippen LogP contribution is -2.28. The van der Waals surface area contributed by atoms with Gasteiger partial charge in [0.15, 0.2) is 5.43 Å². The monoisotopic (exact) mass is 436 g/mol. The van der Waals surface area contributed by atoms with E-state index in [9.17, 15) is 9.59 Å². The van der Waals surface area contributed by atoms with Crippen molar-refractivity contribution < 1.29 is 4.79 Å². The molecule has 0 fully saturated rings. The molecule has 2 aromatic carbocycles. The van der Waals surface area contributed by atoms with E-state index in [4.69, 9.17) is 11.6 Å². The van der Waals surface area contributed by atoms with E-state index >= 15 is 0 Å². The molecule has 0 aliphatic rings. The van der Waals surface area contributed by atoms with Crippen LogP contribution in [0.5, 0.6) is 0 Å². The zero-order valence-electron chi connectivity index (χ0n) is 18.6. The fourth-order valence-corrected chi connectivity index (χ4v) is 4.28. The Morgan fingerprint density at radius 2 is 1.58 bits per heavy atom. The Bertz CT molecular complexity index is 1140. The topological polar surface area (TPSA) is 51.1 Å². The number of hydrogen-bond donors (Lipinski definition) is 1. The lowest BCUT2D eigenvalue weighted by atomic mass is 10.0. The molecule has 1 aromatic heterocycles. The molecule has 4 nitrogen and oxygen atoms in total. The molecule has 31 heavy (non-hydrogen) atoms. The standard InChI is InChI=1S/C26H29ClN2O2/c1-5-19-11-9-12-20(6-2)25(19)28-26(31)24-18(4)29(17(3)16-23(24)30)15-14-21-10-7-8-13-22(21)27/h7-13,16H,5-6,14-15H2,1-4H3,(H,28,31). The van der Waals surface area contributed by atoms with Gasteiger partial charge in [0.1, 0.15) is 5.56 Å². The molecule has 0 aliphatic heterocycles. The highest BCUT2D eigenvalue weighted by Gasteiger charge is 2.19. The van der Waals surface area contributed by atoms with Crippen molar-refractivity contribution in [3.05, 3.63) is 97.4 Å². The molecular weight excluding hydrogens is 408 g/mol. The average Bonchev–Trinajstić information content (AvgIpc) is 2.74. The van der Waals surface area contributed by atoms with E-state index in [1.807, 2.05) is 60.9 Å². The number of amides is 1. The van der Waals surface area contributed by atoms with E-state index in [0.717, 1.165) is 45.9 Å². The number of rotatable bonds is 7. The Morgan fingerprint density at radius 3 is 2.19 bits per heavy atom. The highest BCUT2D eigenvalue weighted by molar-refractivity contribution is 6.31. The molecular formula is C26H29ClN2O2. The molecule has 0 saturated carbocycles. The first kappa shape index (κ1) is 22.8. The summed E-state index contributed by atoms with van der Waals surface area (Å²) in [6.07, 6.45) is 2.32. The van der Waals surface area contributed by atoms with Crippen LogP contribution in [0.25, 0.3) is 0 Å². The summed E-state index contributed by atoms with van der Waals surface area (Å²) in [5.41, 5.74) is 5.42. The van der Waals surface area contributed by atoms with Crippen LogP contribution in [-0.2, 0) is 25.8 Å². The van der Waals surface area contributed by atoms with Gasteiger partial charge in [-0.25, -0.2) is 0 Å². The normalized spacial score (nSPS) is 10.9.